The topological polar surface area (TPSA) is 872 Å². The second-order valence-electron chi connectivity index (χ2n) is 37.9. The molecule has 862 valence electrons. The summed E-state index contributed by atoms with van der Waals surface area (Å²) in [5.74, 6) is -6.38. The molecule has 0 aromatic rings. The van der Waals surface area contributed by atoms with Crippen LogP contribution >= 0.6 is 0 Å². The zero-order valence-electron chi connectivity index (χ0n) is 84.5. The van der Waals surface area contributed by atoms with Crippen LogP contribution in [0.3, 0.4) is 0 Å². The molecule has 0 aromatic carbocycles. The Morgan fingerprint density at radius 2 is 0.584 bits per heavy atom. The molecule has 7 heterocycles. The van der Waals surface area contributed by atoms with Crippen molar-refractivity contribution in [3.05, 3.63) is 0 Å². The molecule has 0 aliphatic carbocycles. The first kappa shape index (κ1) is 129. The first-order valence-electron chi connectivity index (χ1n) is 50.9. The lowest BCUT2D eigenvalue weighted by Crippen LogP contribution is -2.65. The zero-order valence-corrected chi connectivity index (χ0v) is 84.5. The normalized spacial score (nSPS) is 33.7. The molecule has 0 saturated carbocycles. The number of hydrogen-bond acceptors (Lipinski definition) is 48. The molecule has 0 unspecified atom stereocenters. The maximum Gasteiger partial charge on any atom is 0.242 e. The number of nitrogens with zero attached hydrogens (tertiary/aromatic N) is 2. The van der Waals surface area contributed by atoms with Crippen molar-refractivity contribution in [3.8, 4) is 0 Å². The Bertz CT molecular complexity index is 3880. The highest BCUT2D eigenvalue weighted by Gasteiger charge is 2.54. The summed E-state index contributed by atoms with van der Waals surface area (Å²) in [5.41, 5.74) is 0. The van der Waals surface area contributed by atoms with Gasteiger partial charge in [-0.1, -0.05) is 39.0 Å². The quantitative estimate of drug-likeness (QED) is 0.0251. The number of aliphatic hydroxyl groups is 22. The lowest BCUT2D eigenvalue weighted by Gasteiger charge is -2.46. The number of ether oxygens (including phenoxy) is 14. The van der Waals surface area contributed by atoms with E-state index in [1.165, 1.54) is 37.5 Å². The van der Waals surface area contributed by atoms with E-state index >= 15 is 0 Å². The van der Waals surface area contributed by atoms with Gasteiger partial charge in [-0.25, -0.2) is 0 Å². The lowest BCUT2D eigenvalue weighted by atomic mass is 9.96. The van der Waals surface area contributed by atoms with E-state index in [2.05, 4.69) is 53.2 Å². The third kappa shape index (κ3) is 42.0. The molecule has 0 aromatic heterocycles. The Labute approximate surface area is 860 Å². The van der Waals surface area contributed by atoms with Gasteiger partial charge in [-0.2, -0.15) is 0 Å². The summed E-state index contributed by atoms with van der Waals surface area (Å²) in [7, 11) is 0. The van der Waals surface area contributed by atoms with Crippen LogP contribution in [0.5, 0.6) is 0 Å². The van der Waals surface area contributed by atoms with Crippen LogP contribution in [-0.4, -0.2) is 553 Å². The van der Waals surface area contributed by atoms with Crippen LogP contribution in [0.2, 0.25) is 0 Å². The van der Waals surface area contributed by atoms with Gasteiger partial charge in [0, 0.05) is 78.2 Å². The van der Waals surface area contributed by atoms with Crippen LogP contribution in [0.25, 0.3) is 0 Å². The number of nitrogens with one attached hydrogen (secondary N) is 10. The maximum absolute atomic E-state index is 14.5. The number of carbonyl (C=O) groups excluding carboxylic acids is 10. The fourth-order valence-corrected chi connectivity index (χ4v) is 17.0. The van der Waals surface area contributed by atoms with E-state index in [-0.39, 0.29) is 136 Å². The second kappa shape index (κ2) is 67.2. The minimum atomic E-state index is -2.03. The van der Waals surface area contributed by atoms with E-state index < -0.39 is 339 Å². The van der Waals surface area contributed by atoms with Crippen molar-refractivity contribution in [2.24, 2.45) is 0 Å². The molecule has 58 heteroatoms. The monoisotopic (exact) mass is 2160 g/mol. The summed E-state index contributed by atoms with van der Waals surface area (Å²) in [6.07, 6.45) is -50.5. The highest BCUT2D eigenvalue weighted by Crippen LogP contribution is 2.33. The predicted molar refractivity (Wildman–Crippen MR) is 503 cm³/mol. The number of aliphatic hydroxyl groups excluding tert-OH is 22. The number of amides is 10. The zero-order chi connectivity index (χ0) is 110. The fraction of sp³-hybridized carbons (Fsp3) is 0.890. The van der Waals surface area contributed by atoms with Crippen LogP contribution in [0.15, 0.2) is 0 Å². The summed E-state index contributed by atoms with van der Waals surface area (Å²) in [6, 6.07) is -2.65. The molecule has 0 radical (unpaired) electrons. The van der Waals surface area contributed by atoms with Gasteiger partial charge in [0.1, 0.15) is 153 Å². The maximum atomic E-state index is 14.5. The first-order chi connectivity index (χ1) is 70.9. The van der Waals surface area contributed by atoms with Gasteiger partial charge < -0.3 is 232 Å². The molecule has 0 spiro atoms. The van der Waals surface area contributed by atoms with Crippen LogP contribution in [0, 0.1) is 0 Å². The Morgan fingerprint density at radius 1 is 0.275 bits per heavy atom. The van der Waals surface area contributed by atoms with Crippen molar-refractivity contribution in [2.45, 2.75) is 371 Å². The van der Waals surface area contributed by atoms with Crippen molar-refractivity contribution in [1.82, 2.24) is 63.0 Å². The van der Waals surface area contributed by atoms with Crippen LogP contribution in [0.4, 0.5) is 0 Å². The Morgan fingerprint density at radius 3 is 0.993 bits per heavy atom. The highest BCUT2D eigenvalue weighted by atomic mass is 16.8. The van der Waals surface area contributed by atoms with Gasteiger partial charge >= 0.3 is 0 Å². The van der Waals surface area contributed by atoms with Gasteiger partial charge in [0.25, 0.3) is 0 Å². The van der Waals surface area contributed by atoms with E-state index in [1.807, 2.05) is 6.92 Å². The summed E-state index contributed by atoms with van der Waals surface area (Å²) in [4.78, 5) is 140. The highest BCUT2D eigenvalue weighted by molar-refractivity contribution is 5.89. The predicted octanol–water partition coefficient (Wildman–Crippen LogP) is -16.0. The van der Waals surface area contributed by atoms with Crippen molar-refractivity contribution < 1.29 is 227 Å². The van der Waals surface area contributed by atoms with E-state index in [0.29, 0.717) is 45.1 Å². The van der Waals surface area contributed by atoms with Gasteiger partial charge in [-0.05, 0) is 85.5 Å². The third-order valence-electron chi connectivity index (χ3n) is 26.0. The molecule has 32 N–H and O–H groups in total. The largest absolute Gasteiger partial charge is 0.394 e. The lowest BCUT2D eigenvalue weighted by molar-refractivity contribution is -0.366. The van der Waals surface area contributed by atoms with Gasteiger partial charge in [0.15, 0.2) is 44.0 Å². The second-order valence-corrected chi connectivity index (χ2v) is 37.9. The number of unbranched alkanes of at least 4 members (excludes halogenated alkanes) is 8. The summed E-state index contributed by atoms with van der Waals surface area (Å²) >= 11 is 0. The Balaban J connectivity index is 0.955. The molecular weight excluding hydrogens is 2000 g/mol. The van der Waals surface area contributed by atoms with Gasteiger partial charge in [-0.15, -0.1) is 0 Å². The van der Waals surface area contributed by atoms with Crippen LogP contribution in [0.1, 0.15) is 144 Å². The molecule has 7 rings (SSSR count). The van der Waals surface area contributed by atoms with Crippen LogP contribution < -0.4 is 53.2 Å². The van der Waals surface area contributed by atoms with Crippen molar-refractivity contribution in [1.29, 1.82) is 0 Å². The Hall–Kier alpha value is -6.82. The molecule has 7 saturated heterocycles. The standard InChI is InChI=1S/C91H162N12O46/c1-6-7-8-14-23-93-57(109)37-102(39-59(111)96-28-35-140-90-81(133)82(149-91-80(132)74(126)67(119)52(43-105)147-91)68(120)53(148-90)44-141-89-79(131)73(125)66(118)51(42-104)146-89)38-58(110)94-24-15-10-12-20-56(108)101-49(83(134)99-26-16-9-11-19-54(106)95-27-32-136-85-75(127)69(121)62(114)45(2)142-85)21-22-55(107)92-25-17-13-18-50(84(135)100-31-36-139-88-78(130)72(124)65(117)48(5)145-88)103(40-60(112)97-29-33-137-86-76(128)70(122)63(115)46(3)143-86)41-61(113)98-30-34-138-87-77(129)71(123)64(116)47(4)144-87/h45-53,62-82,85-91,104-105,114-133H,6-44H2,1-5H3,(H,92,107)(H,93,109)(H,94,110)(H,95,106)(H,96,111)(H,97,112)(H,98,113)(H,99,134)(H,100,135)(H,101,108)/t45-,46-,47-,48-,49-,50-,51+,52+,53+,62+,63+,64+,65+,66+,67+,68+,69+,70+,71+,72+,73-,74-,75-,76-,77-,78-,79-,80-,81-,82-,85+,86+,87+,88+,89-,90-,91+/m0/s1. The molecule has 58 nitrogen and oxygen atoms in total. The average Bonchev–Trinajstić information content (AvgIpc) is 0.779. The summed E-state index contributed by atoms with van der Waals surface area (Å²) in [5, 5.41) is 256. The molecule has 149 heavy (non-hydrogen) atoms. The Kier molecular flexibility index (Phi) is 58.2. The van der Waals surface area contributed by atoms with Gasteiger partial charge in [0.2, 0.25) is 59.1 Å². The molecule has 37 atom stereocenters. The summed E-state index contributed by atoms with van der Waals surface area (Å²) in [6.45, 7) is 0.178. The molecule has 10 amide bonds. The molecular formula is C91H162N12O46. The fourth-order valence-electron chi connectivity index (χ4n) is 17.0. The third-order valence-corrected chi connectivity index (χ3v) is 26.0. The number of rotatable bonds is 66. The average molecular weight is 2160 g/mol. The first-order valence-corrected chi connectivity index (χ1v) is 50.9. The molecule has 7 aliphatic rings. The van der Waals surface area contributed by atoms with Crippen molar-refractivity contribution in [2.75, 3.05) is 144 Å². The van der Waals surface area contributed by atoms with E-state index in [0.717, 1.165) is 19.3 Å². The van der Waals surface area contributed by atoms with Crippen molar-refractivity contribution >= 4 is 59.1 Å². The van der Waals surface area contributed by atoms with E-state index in [9.17, 15) is 160 Å². The number of hydrogen-bond donors (Lipinski definition) is 32. The van der Waals surface area contributed by atoms with Gasteiger partial charge in [0.05, 0.1) is 116 Å². The van der Waals surface area contributed by atoms with E-state index in [1.54, 1.807) is 0 Å². The molecule has 0 bridgehead atoms. The summed E-state index contributed by atoms with van der Waals surface area (Å²) < 4.78 is 78.0. The minimum Gasteiger partial charge on any atom is -0.394 e. The van der Waals surface area contributed by atoms with Crippen molar-refractivity contribution in [3.63, 3.8) is 0 Å². The number of carbonyl (C=O) groups is 10. The van der Waals surface area contributed by atoms with Gasteiger partial charge in [-0.3, -0.25) is 57.7 Å². The van der Waals surface area contributed by atoms with E-state index in [4.69, 9.17) is 66.3 Å². The SMILES string of the molecule is CCCCCCNC(=O)CN(CC(=O)NCCCCCC(=O)N[C@@H](CCC(=O)NCCCC[C@@H](C(=O)NCCO[C@@H]1O[C@@H](C)[C@@H](O)[C@@H](O)[C@@H]1O)N(CC(=O)NCCO[C@@H]1O[C@@H](C)[C@@H](O)[C@@H](O)[C@@H]1O)CC(=O)NCCO[C@@H]1O[C@@H](C)[C@@H](O)[C@@H](O)[C@@H]1O)C(=O)NCCCCCC(=O)NCCO[C@@H]1O[C@@H](C)[C@@H](O)[C@@H](O)[C@@H]1O)CC(=O)NCCO[C@H]1O[C@H](CO[C@H]2O[C@H](CO)[C@@H](O)[C@H](O)[C@@H]2O)[C@@H](O)[C@H](O[C@H]2O[C@H](CO)[C@@H](O)[C@H](O)[C@@H]2O)[C@@H]1O. The van der Waals surface area contributed by atoms with Crippen LogP contribution in [-0.2, 0) is 114 Å². The smallest absolute Gasteiger partial charge is 0.242 e. The molecule has 7 fully saturated rings. The minimum absolute atomic E-state index is 0.0135. The molecule has 7 aliphatic heterocycles.